The molecule has 1 unspecified atom stereocenters. The third-order valence-electron chi connectivity index (χ3n) is 3.23. The number of aryl methyl sites for hydroxylation is 1. The van der Waals surface area contributed by atoms with E-state index in [2.05, 4.69) is 18.0 Å². The summed E-state index contributed by atoms with van der Waals surface area (Å²) in [7, 11) is 0. The molecule has 3 nitrogen and oxygen atoms in total. The Morgan fingerprint density at radius 1 is 1.29 bits per heavy atom. The molecular formula is C14H21NO2. The van der Waals surface area contributed by atoms with Gasteiger partial charge in [0.25, 0.3) is 0 Å². The fraction of sp³-hybridized carbons (Fsp3) is 0.643. The molecule has 94 valence electrons. The lowest BCUT2D eigenvalue weighted by Gasteiger charge is -2.35. The number of aromatic nitrogens is 1. The first-order valence-corrected chi connectivity index (χ1v) is 6.19. The maximum Gasteiger partial charge on any atom is 0.163 e. The number of pyridine rings is 1. The molecule has 0 aromatic carbocycles. The van der Waals surface area contributed by atoms with E-state index in [-0.39, 0.29) is 5.60 Å². The highest BCUT2D eigenvalue weighted by molar-refractivity contribution is 5.22. The third-order valence-corrected chi connectivity index (χ3v) is 3.23. The van der Waals surface area contributed by atoms with Crippen LogP contribution >= 0.6 is 0 Å². The van der Waals surface area contributed by atoms with Crippen molar-refractivity contribution in [3.63, 3.8) is 0 Å². The van der Waals surface area contributed by atoms with Crippen molar-refractivity contribution >= 4 is 0 Å². The summed E-state index contributed by atoms with van der Waals surface area (Å²) in [5.74, 6) is -0.525. The van der Waals surface area contributed by atoms with Crippen molar-refractivity contribution in [2.75, 3.05) is 6.61 Å². The molecule has 1 aromatic heterocycles. The van der Waals surface area contributed by atoms with Crippen LogP contribution in [0.1, 0.15) is 44.9 Å². The Hall–Kier alpha value is -0.930. The van der Waals surface area contributed by atoms with E-state index < -0.39 is 5.79 Å². The van der Waals surface area contributed by atoms with Gasteiger partial charge in [-0.15, -0.1) is 0 Å². The first-order valence-electron chi connectivity index (χ1n) is 6.19. The highest BCUT2D eigenvalue weighted by Crippen LogP contribution is 2.37. The normalized spacial score (nSPS) is 28.7. The molecule has 0 bridgehead atoms. The minimum atomic E-state index is -0.525. The number of ether oxygens (including phenoxy) is 2. The molecule has 1 aliphatic heterocycles. The second-order valence-electron chi connectivity index (χ2n) is 5.37. The van der Waals surface area contributed by atoms with Crippen LogP contribution < -0.4 is 0 Å². The van der Waals surface area contributed by atoms with Gasteiger partial charge in [-0.05, 0) is 58.2 Å². The molecule has 0 aliphatic carbocycles. The van der Waals surface area contributed by atoms with Crippen LogP contribution in [0.5, 0.6) is 0 Å². The van der Waals surface area contributed by atoms with E-state index in [1.165, 1.54) is 5.56 Å². The Morgan fingerprint density at radius 3 is 2.76 bits per heavy atom. The van der Waals surface area contributed by atoms with Crippen LogP contribution in [0, 0.1) is 6.92 Å². The van der Waals surface area contributed by atoms with Gasteiger partial charge in [0.15, 0.2) is 5.79 Å². The molecule has 2 heterocycles. The number of hydrogen-bond donors (Lipinski definition) is 0. The monoisotopic (exact) mass is 235 g/mol. The molecule has 1 fully saturated rings. The number of rotatable bonds is 1. The maximum atomic E-state index is 6.18. The zero-order valence-corrected chi connectivity index (χ0v) is 11.1. The SMILES string of the molecule is Cc1cc(C2(C)CCCOC(C)(C)O2)ccn1. The Balaban J connectivity index is 2.33. The molecule has 0 spiro atoms. The molecule has 17 heavy (non-hydrogen) atoms. The molecule has 0 radical (unpaired) electrons. The van der Waals surface area contributed by atoms with Gasteiger partial charge in [-0.2, -0.15) is 0 Å². The summed E-state index contributed by atoms with van der Waals surface area (Å²) in [4.78, 5) is 4.24. The summed E-state index contributed by atoms with van der Waals surface area (Å²) in [6.07, 6.45) is 3.83. The van der Waals surface area contributed by atoms with Crippen LogP contribution in [-0.4, -0.2) is 17.4 Å². The van der Waals surface area contributed by atoms with Crippen molar-refractivity contribution in [2.45, 2.75) is 51.9 Å². The van der Waals surface area contributed by atoms with Crippen molar-refractivity contribution in [1.29, 1.82) is 0 Å². The van der Waals surface area contributed by atoms with Gasteiger partial charge in [-0.1, -0.05) is 0 Å². The average Bonchev–Trinajstić information content (AvgIpc) is 2.37. The molecular weight excluding hydrogens is 214 g/mol. The van der Waals surface area contributed by atoms with E-state index in [1.54, 1.807) is 0 Å². The van der Waals surface area contributed by atoms with Gasteiger partial charge in [-0.25, -0.2) is 0 Å². The zero-order valence-electron chi connectivity index (χ0n) is 11.1. The first kappa shape index (κ1) is 12.5. The Bertz CT molecular complexity index is 403. The van der Waals surface area contributed by atoms with Crippen molar-refractivity contribution in [1.82, 2.24) is 4.98 Å². The first-order chi connectivity index (χ1) is 7.91. The molecule has 1 aromatic rings. The van der Waals surface area contributed by atoms with Crippen LogP contribution in [0.15, 0.2) is 18.3 Å². The minimum absolute atomic E-state index is 0.284. The van der Waals surface area contributed by atoms with E-state index in [9.17, 15) is 0 Å². The molecule has 0 saturated carbocycles. The lowest BCUT2D eigenvalue weighted by molar-refractivity contribution is -0.255. The molecule has 0 N–H and O–H groups in total. The van der Waals surface area contributed by atoms with Gasteiger partial charge in [0, 0.05) is 11.9 Å². The van der Waals surface area contributed by atoms with Gasteiger partial charge in [0.1, 0.15) is 0 Å². The van der Waals surface area contributed by atoms with Crippen molar-refractivity contribution in [3.8, 4) is 0 Å². The highest BCUT2D eigenvalue weighted by atomic mass is 16.7. The number of hydrogen-bond acceptors (Lipinski definition) is 3. The molecule has 1 atom stereocenters. The lowest BCUT2D eigenvalue weighted by atomic mass is 9.91. The summed E-state index contributed by atoms with van der Waals surface area (Å²) in [5.41, 5.74) is 1.92. The predicted molar refractivity (Wildman–Crippen MR) is 66.7 cm³/mol. The van der Waals surface area contributed by atoms with Crippen LogP contribution in [0.3, 0.4) is 0 Å². The second kappa shape index (κ2) is 4.39. The summed E-state index contributed by atoms with van der Waals surface area (Å²) in [6, 6.07) is 4.13. The second-order valence-corrected chi connectivity index (χ2v) is 5.37. The van der Waals surface area contributed by atoms with E-state index in [0.29, 0.717) is 0 Å². The standard InChI is InChI=1S/C14H21NO2/c1-11-10-12(6-8-15-11)14(4)7-5-9-16-13(2,3)17-14/h6,8,10H,5,7,9H2,1-4H3. The number of nitrogens with zero attached hydrogens (tertiary/aromatic N) is 1. The Kier molecular flexibility index (Phi) is 3.23. The molecule has 0 amide bonds. The van der Waals surface area contributed by atoms with E-state index >= 15 is 0 Å². The van der Waals surface area contributed by atoms with Gasteiger partial charge >= 0.3 is 0 Å². The molecule has 2 rings (SSSR count). The van der Waals surface area contributed by atoms with Crippen LogP contribution in [0.25, 0.3) is 0 Å². The average molecular weight is 235 g/mol. The Morgan fingerprint density at radius 2 is 2.06 bits per heavy atom. The summed E-state index contributed by atoms with van der Waals surface area (Å²) >= 11 is 0. The lowest BCUT2D eigenvalue weighted by Crippen LogP contribution is -2.36. The third kappa shape index (κ3) is 2.85. The van der Waals surface area contributed by atoms with E-state index in [1.807, 2.05) is 33.0 Å². The van der Waals surface area contributed by atoms with Gasteiger partial charge in [0.2, 0.25) is 0 Å². The zero-order chi connectivity index (χ0) is 12.5. The van der Waals surface area contributed by atoms with Gasteiger partial charge < -0.3 is 9.47 Å². The summed E-state index contributed by atoms with van der Waals surface area (Å²) in [5, 5.41) is 0. The van der Waals surface area contributed by atoms with Crippen molar-refractivity contribution in [3.05, 3.63) is 29.6 Å². The largest absolute Gasteiger partial charge is 0.350 e. The predicted octanol–water partition coefficient (Wildman–Crippen LogP) is 3.17. The summed E-state index contributed by atoms with van der Waals surface area (Å²) < 4.78 is 11.9. The van der Waals surface area contributed by atoms with Gasteiger partial charge in [0.05, 0.1) is 12.2 Å². The minimum Gasteiger partial charge on any atom is -0.350 e. The quantitative estimate of drug-likeness (QED) is 0.749. The topological polar surface area (TPSA) is 31.4 Å². The van der Waals surface area contributed by atoms with Crippen LogP contribution in [0.2, 0.25) is 0 Å². The highest BCUT2D eigenvalue weighted by Gasteiger charge is 2.37. The van der Waals surface area contributed by atoms with Crippen molar-refractivity contribution in [2.24, 2.45) is 0 Å². The molecule has 1 saturated heterocycles. The summed E-state index contributed by atoms with van der Waals surface area (Å²) in [6.45, 7) is 8.85. The van der Waals surface area contributed by atoms with Gasteiger partial charge in [-0.3, -0.25) is 4.98 Å². The molecule has 1 aliphatic rings. The van der Waals surface area contributed by atoms with E-state index in [0.717, 1.165) is 25.1 Å². The van der Waals surface area contributed by atoms with E-state index in [4.69, 9.17) is 9.47 Å². The maximum absolute atomic E-state index is 6.18. The Labute approximate surface area is 103 Å². The van der Waals surface area contributed by atoms with Crippen LogP contribution in [0.4, 0.5) is 0 Å². The van der Waals surface area contributed by atoms with Crippen molar-refractivity contribution < 1.29 is 9.47 Å². The van der Waals surface area contributed by atoms with Crippen LogP contribution in [-0.2, 0) is 15.1 Å². The smallest absolute Gasteiger partial charge is 0.163 e. The fourth-order valence-corrected chi connectivity index (χ4v) is 2.43. The molecule has 3 heteroatoms. The fourth-order valence-electron chi connectivity index (χ4n) is 2.43.